The molecule has 2 amide bonds. The molecular weight excluding hydrogens is 312 g/mol. The summed E-state index contributed by atoms with van der Waals surface area (Å²) in [7, 11) is 0. The van der Waals surface area contributed by atoms with Crippen LogP contribution in [0.3, 0.4) is 0 Å². The highest BCUT2D eigenvalue weighted by molar-refractivity contribution is 6.31. The molecule has 2 aromatic carbocycles. The summed E-state index contributed by atoms with van der Waals surface area (Å²) in [5.74, 6) is 0.668. The van der Waals surface area contributed by atoms with E-state index >= 15 is 0 Å². The van der Waals surface area contributed by atoms with Crippen molar-refractivity contribution in [1.29, 1.82) is 0 Å². The highest BCUT2D eigenvalue weighted by Gasteiger charge is 2.12. The molecule has 0 aromatic heterocycles. The summed E-state index contributed by atoms with van der Waals surface area (Å²) in [5, 5.41) is 6.26. The first-order chi connectivity index (χ1) is 11.1. The summed E-state index contributed by atoms with van der Waals surface area (Å²) in [6.45, 7) is 5.89. The van der Waals surface area contributed by atoms with Gasteiger partial charge in [0.05, 0.1) is 6.04 Å². The maximum atomic E-state index is 12.1. The second-order valence-corrected chi connectivity index (χ2v) is 5.38. The van der Waals surface area contributed by atoms with Crippen LogP contribution in [0.4, 0.5) is 10.5 Å². The normalized spacial score (nSPS) is 11.4. The molecule has 0 spiro atoms. The fraction of sp³-hybridized carbons (Fsp3) is 0.167. The molecule has 0 aliphatic heterocycles. The molecule has 23 heavy (non-hydrogen) atoms. The zero-order valence-corrected chi connectivity index (χ0v) is 13.6. The Balaban J connectivity index is 1.97. The standard InChI is InChI=1S/C18H19ClN2O2/c1-3-11-23-15-8-6-7-14(12-15)21-18(22)20-13(2)16-9-4-5-10-17(16)19/h3-10,12-13H,1,11H2,2H3,(H2,20,21,22). The van der Waals surface area contributed by atoms with Gasteiger partial charge in [-0.3, -0.25) is 0 Å². The third-order valence-corrected chi connectivity index (χ3v) is 3.52. The quantitative estimate of drug-likeness (QED) is 0.748. The lowest BCUT2D eigenvalue weighted by Crippen LogP contribution is -2.31. The van der Waals surface area contributed by atoms with E-state index in [-0.39, 0.29) is 12.1 Å². The Morgan fingerprint density at radius 2 is 2.09 bits per heavy atom. The SMILES string of the molecule is C=CCOc1cccc(NC(=O)NC(C)c2ccccc2Cl)c1. The number of carbonyl (C=O) groups excluding carboxylic acids is 1. The molecule has 5 heteroatoms. The highest BCUT2D eigenvalue weighted by Crippen LogP contribution is 2.22. The minimum absolute atomic E-state index is 0.205. The molecule has 0 saturated heterocycles. The predicted molar refractivity (Wildman–Crippen MR) is 94.2 cm³/mol. The van der Waals surface area contributed by atoms with E-state index in [2.05, 4.69) is 17.2 Å². The number of amides is 2. The third kappa shape index (κ3) is 5.04. The number of urea groups is 1. The molecule has 4 nitrogen and oxygen atoms in total. The number of benzene rings is 2. The Kier molecular flexibility index (Phi) is 6.06. The first-order valence-corrected chi connectivity index (χ1v) is 7.63. The van der Waals surface area contributed by atoms with Crippen LogP contribution in [0.5, 0.6) is 5.75 Å². The highest BCUT2D eigenvalue weighted by atomic mass is 35.5. The monoisotopic (exact) mass is 330 g/mol. The lowest BCUT2D eigenvalue weighted by Gasteiger charge is -2.16. The number of rotatable bonds is 6. The Labute approximate surface area is 141 Å². The van der Waals surface area contributed by atoms with Crippen LogP contribution in [0.1, 0.15) is 18.5 Å². The molecule has 0 bridgehead atoms. The maximum Gasteiger partial charge on any atom is 0.319 e. The average Bonchev–Trinajstić information content (AvgIpc) is 2.53. The van der Waals surface area contributed by atoms with Crippen LogP contribution in [0, 0.1) is 0 Å². The van der Waals surface area contributed by atoms with Crippen LogP contribution in [-0.4, -0.2) is 12.6 Å². The molecule has 0 saturated carbocycles. The van der Waals surface area contributed by atoms with Crippen molar-refractivity contribution in [3.05, 3.63) is 71.8 Å². The van der Waals surface area contributed by atoms with E-state index in [1.54, 1.807) is 24.3 Å². The largest absolute Gasteiger partial charge is 0.489 e. The number of anilines is 1. The average molecular weight is 331 g/mol. The van der Waals surface area contributed by atoms with Gasteiger partial charge >= 0.3 is 6.03 Å². The summed E-state index contributed by atoms with van der Waals surface area (Å²) < 4.78 is 5.44. The molecule has 2 rings (SSSR count). The van der Waals surface area contributed by atoms with Gasteiger partial charge in [-0.2, -0.15) is 0 Å². The van der Waals surface area contributed by atoms with Gasteiger partial charge in [-0.1, -0.05) is 48.5 Å². The molecule has 1 atom stereocenters. The van der Waals surface area contributed by atoms with Crippen molar-refractivity contribution < 1.29 is 9.53 Å². The smallest absolute Gasteiger partial charge is 0.319 e. The van der Waals surface area contributed by atoms with Gasteiger partial charge in [-0.05, 0) is 30.7 Å². The predicted octanol–water partition coefficient (Wildman–Crippen LogP) is 4.79. The molecule has 0 aliphatic carbocycles. The summed E-state index contributed by atoms with van der Waals surface area (Å²) in [6.07, 6.45) is 1.66. The number of carbonyl (C=O) groups is 1. The number of hydrogen-bond acceptors (Lipinski definition) is 2. The van der Waals surface area contributed by atoms with Crippen molar-refractivity contribution in [1.82, 2.24) is 5.32 Å². The van der Waals surface area contributed by atoms with E-state index in [0.29, 0.717) is 23.1 Å². The minimum Gasteiger partial charge on any atom is -0.489 e. The maximum absolute atomic E-state index is 12.1. The van der Waals surface area contributed by atoms with E-state index in [0.717, 1.165) is 5.56 Å². The first-order valence-electron chi connectivity index (χ1n) is 7.26. The number of hydrogen-bond donors (Lipinski definition) is 2. The third-order valence-electron chi connectivity index (χ3n) is 3.18. The topological polar surface area (TPSA) is 50.4 Å². The molecule has 0 fully saturated rings. The van der Waals surface area contributed by atoms with Crippen molar-refractivity contribution >= 4 is 23.3 Å². The van der Waals surface area contributed by atoms with E-state index in [4.69, 9.17) is 16.3 Å². The zero-order valence-electron chi connectivity index (χ0n) is 12.9. The van der Waals surface area contributed by atoms with E-state index in [1.165, 1.54) is 0 Å². The summed E-state index contributed by atoms with van der Waals surface area (Å²) in [6, 6.07) is 14.1. The van der Waals surface area contributed by atoms with Crippen LogP contribution in [0.25, 0.3) is 0 Å². The number of ether oxygens (including phenoxy) is 1. The molecule has 120 valence electrons. The molecule has 2 N–H and O–H groups in total. The van der Waals surface area contributed by atoms with Crippen molar-refractivity contribution in [2.24, 2.45) is 0 Å². The number of nitrogens with one attached hydrogen (secondary N) is 2. The second kappa shape index (κ2) is 8.25. The van der Waals surface area contributed by atoms with Gasteiger partial charge in [0.2, 0.25) is 0 Å². The lowest BCUT2D eigenvalue weighted by atomic mass is 10.1. The van der Waals surface area contributed by atoms with Crippen LogP contribution in [0.15, 0.2) is 61.2 Å². The van der Waals surface area contributed by atoms with Gasteiger partial charge in [0.15, 0.2) is 0 Å². The fourth-order valence-electron chi connectivity index (χ4n) is 2.09. The molecule has 0 radical (unpaired) electrons. The van der Waals surface area contributed by atoms with Gasteiger partial charge in [0.25, 0.3) is 0 Å². The molecular formula is C18H19ClN2O2. The molecule has 2 aromatic rings. The zero-order chi connectivity index (χ0) is 16.7. The summed E-state index contributed by atoms with van der Waals surface area (Å²) in [4.78, 5) is 12.1. The first kappa shape index (κ1) is 16.9. The molecule has 0 heterocycles. The fourth-order valence-corrected chi connectivity index (χ4v) is 2.39. The lowest BCUT2D eigenvalue weighted by molar-refractivity contribution is 0.249. The van der Waals surface area contributed by atoms with Crippen molar-refractivity contribution in [2.75, 3.05) is 11.9 Å². The van der Waals surface area contributed by atoms with Gasteiger partial charge in [-0.15, -0.1) is 0 Å². The number of halogens is 1. The molecule has 1 unspecified atom stereocenters. The van der Waals surface area contributed by atoms with Crippen molar-refractivity contribution in [2.45, 2.75) is 13.0 Å². The van der Waals surface area contributed by atoms with Crippen LogP contribution >= 0.6 is 11.6 Å². The minimum atomic E-state index is -0.307. The Morgan fingerprint density at radius 1 is 1.30 bits per heavy atom. The van der Waals surface area contributed by atoms with Crippen LogP contribution in [-0.2, 0) is 0 Å². The van der Waals surface area contributed by atoms with E-state index < -0.39 is 0 Å². The Morgan fingerprint density at radius 3 is 2.83 bits per heavy atom. The Bertz CT molecular complexity index is 688. The van der Waals surface area contributed by atoms with E-state index in [1.807, 2.05) is 37.3 Å². The van der Waals surface area contributed by atoms with Crippen molar-refractivity contribution in [3.8, 4) is 5.75 Å². The second-order valence-electron chi connectivity index (χ2n) is 4.97. The van der Waals surface area contributed by atoms with Gasteiger partial charge in [0.1, 0.15) is 12.4 Å². The van der Waals surface area contributed by atoms with Crippen LogP contribution < -0.4 is 15.4 Å². The van der Waals surface area contributed by atoms with Gasteiger partial charge < -0.3 is 15.4 Å². The van der Waals surface area contributed by atoms with Gasteiger partial charge in [0, 0.05) is 16.8 Å². The van der Waals surface area contributed by atoms with Crippen LogP contribution in [0.2, 0.25) is 5.02 Å². The van der Waals surface area contributed by atoms with Gasteiger partial charge in [-0.25, -0.2) is 4.79 Å². The summed E-state index contributed by atoms with van der Waals surface area (Å²) >= 11 is 6.14. The molecule has 0 aliphatic rings. The van der Waals surface area contributed by atoms with Crippen molar-refractivity contribution in [3.63, 3.8) is 0 Å². The summed E-state index contributed by atoms with van der Waals surface area (Å²) in [5.41, 5.74) is 1.52. The van der Waals surface area contributed by atoms with E-state index in [9.17, 15) is 4.79 Å². The Hall–Kier alpha value is -2.46.